The van der Waals surface area contributed by atoms with Crippen molar-refractivity contribution in [2.45, 2.75) is 38.2 Å². The average Bonchev–Trinajstić information content (AvgIpc) is 2.93. The van der Waals surface area contributed by atoms with E-state index in [0.29, 0.717) is 17.7 Å². The first kappa shape index (κ1) is 13.6. The molecule has 1 aliphatic heterocycles. The molecule has 20 heavy (non-hydrogen) atoms. The molecule has 2 aliphatic rings. The molecule has 5 nitrogen and oxygen atoms in total. The van der Waals surface area contributed by atoms with Gasteiger partial charge < -0.3 is 14.7 Å². The molecule has 3 rings (SSSR count). The van der Waals surface area contributed by atoms with Crippen LogP contribution in [-0.4, -0.2) is 40.9 Å². The smallest absolute Gasteiger partial charge is 0.257 e. The van der Waals surface area contributed by atoms with Crippen LogP contribution in [0.1, 0.15) is 32.6 Å². The second kappa shape index (κ2) is 5.20. The van der Waals surface area contributed by atoms with E-state index in [4.69, 9.17) is 4.74 Å². The van der Waals surface area contributed by atoms with E-state index in [0.717, 1.165) is 38.2 Å². The van der Waals surface area contributed by atoms with Gasteiger partial charge in [0, 0.05) is 31.4 Å². The molecule has 0 bridgehead atoms. The molecular weight excluding hydrogens is 254 g/mol. The molecule has 1 aliphatic carbocycles. The third-order valence-corrected chi connectivity index (χ3v) is 5.07. The van der Waals surface area contributed by atoms with Crippen molar-refractivity contribution in [2.75, 3.05) is 25.1 Å². The number of aliphatic hydroxyl groups is 1. The predicted molar refractivity (Wildman–Crippen MR) is 76.9 cm³/mol. The number of nitrogens with zero attached hydrogens (tertiary/aromatic N) is 3. The van der Waals surface area contributed by atoms with Gasteiger partial charge in [0.15, 0.2) is 5.82 Å². The number of rotatable bonds is 3. The van der Waals surface area contributed by atoms with Crippen molar-refractivity contribution in [2.24, 2.45) is 11.8 Å². The van der Waals surface area contributed by atoms with Crippen molar-refractivity contribution < 1.29 is 9.84 Å². The summed E-state index contributed by atoms with van der Waals surface area (Å²) in [6.45, 7) is 3.89. The van der Waals surface area contributed by atoms with Gasteiger partial charge in [0.05, 0.1) is 12.7 Å². The summed E-state index contributed by atoms with van der Waals surface area (Å²) in [5.41, 5.74) is -0.507. The second-order valence-corrected chi connectivity index (χ2v) is 6.01. The van der Waals surface area contributed by atoms with Crippen LogP contribution in [0, 0.1) is 11.8 Å². The Kier molecular flexibility index (Phi) is 3.54. The highest BCUT2D eigenvalue weighted by Crippen LogP contribution is 2.45. The first-order valence-corrected chi connectivity index (χ1v) is 7.50. The summed E-state index contributed by atoms with van der Waals surface area (Å²) >= 11 is 0. The number of hydrogen-bond donors (Lipinski definition) is 1. The summed E-state index contributed by atoms with van der Waals surface area (Å²) in [6, 6.07) is 0. The van der Waals surface area contributed by atoms with Crippen LogP contribution in [0.2, 0.25) is 0 Å². The zero-order valence-electron chi connectivity index (χ0n) is 12.2. The van der Waals surface area contributed by atoms with Crippen LogP contribution >= 0.6 is 0 Å². The highest BCUT2D eigenvalue weighted by atomic mass is 16.5. The Labute approximate surface area is 120 Å². The third kappa shape index (κ3) is 2.14. The van der Waals surface area contributed by atoms with E-state index in [9.17, 15) is 5.11 Å². The lowest BCUT2D eigenvalue weighted by molar-refractivity contribution is -0.0597. The molecule has 3 atom stereocenters. The molecule has 0 aromatic carbocycles. The topological polar surface area (TPSA) is 58.5 Å². The largest absolute Gasteiger partial charge is 0.478 e. The fourth-order valence-electron chi connectivity index (χ4n) is 3.92. The van der Waals surface area contributed by atoms with Crippen molar-refractivity contribution in [3.63, 3.8) is 0 Å². The van der Waals surface area contributed by atoms with Gasteiger partial charge in [-0.3, -0.25) is 0 Å². The molecule has 1 aromatic heterocycles. The van der Waals surface area contributed by atoms with E-state index in [2.05, 4.69) is 21.8 Å². The quantitative estimate of drug-likeness (QED) is 0.914. The molecule has 5 heteroatoms. The van der Waals surface area contributed by atoms with Gasteiger partial charge in [-0.15, -0.1) is 0 Å². The number of hydrogen-bond acceptors (Lipinski definition) is 5. The van der Waals surface area contributed by atoms with E-state index in [1.54, 1.807) is 19.5 Å². The lowest BCUT2D eigenvalue weighted by Crippen LogP contribution is -2.44. The predicted octanol–water partition coefficient (Wildman–Crippen LogP) is 1.86. The van der Waals surface area contributed by atoms with Gasteiger partial charge in [0.2, 0.25) is 0 Å². The van der Waals surface area contributed by atoms with Crippen molar-refractivity contribution in [3.05, 3.63) is 12.4 Å². The van der Waals surface area contributed by atoms with Crippen LogP contribution in [0.5, 0.6) is 5.88 Å². The Hall–Kier alpha value is -1.36. The zero-order valence-corrected chi connectivity index (χ0v) is 12.2. The van der Waals surface area contributed by atoms with Gasteiger partial charge in [0.25, 0.3) is 5.88 Å². The first-order valence-electron chi connectivity index (χ1n) is 7.50. The minimum absolute atomic E-state index is 0.341. The molecule has 110 valence electrons. The maximum atomic E-state index is 10.8. The highest BCUT2D eigenvalue weighted by Gasteiger charge is 2.48. The van der Waals surface area contributed by atoms with Gasteiger partial charge in [0.1, 0.15) is 0 Å². The van der Waals surface area contributed by atoms with Crippen LogP contribution in [0.15, 0.2) is 12.4 Å². The lowest BCUT2D eigenvalue weighted by atomic mass is 9.69. The minimum atomic E-state index is -0.507. The maximum Gasteiger partial charge on any atom is 0.257 e. The summed E-state index contributed by atoms with van der Waals surface area (Å²) in [7, 11) is 1.62. The summed E-state index contributed by atoms with van der Waals surface area (Å²) in [5.74, 6) is 2.28. The van der Waals surface area contributed by atoms with Crippen LogP contribution in [0.25, 0.3) is 0 Å². The number of aromatic nitrogens is 2. The molecule has 0 unspecified atom stereocenters. The van der Waals surface area contributed by atoms with E-state index in [1.165, 1.54) is 6.42 Å². The van der Waals surface area contributed by atoms with E-state index in [1.807, 2.05) is 0 Å². The van der Waals surface area contributed by atoms with E-state index < -0.39 is 5.60 Å². The fourth-order valence-corrected chi connectivity index (χ4v) is 3.92. The molecule has 0 spiro atoms. The molecule has 1 N–H and O–H groups in total. The maximum absolute atomic E-state index is 10.8. The summed E-state index contributed by atoms with van der Waals surface area (Å²) in [6.07, 6.45) is 7.43. The fraction of sp³-hybridized carbons (Fsp3) is 0.733. The van der Waals surface area contributed by atoms with Gasteiger partial charge >= 0.3 is 0 Å². The summed E-state index contributed by atoms with van der Waals surface area (Å²) < 4.78 is 5.31. The Balaban J connectivity index is 1.85. The Bertz CT molecular complexity index is 482. The van der Waals surface area contributed by atoms with E-state index in [-0.39, 0.29) is 0 Å². The molecule has 2 heterocycles. The van der Waals surface area contributed by atoms with Gasteiger partial charge in [-0.25, -0.2) is 9.97 Å². The second-order valence-electron chi connectivity index (χ2n) is 6.01. The SMILES string of the molecule is CC[C@@]1(O)CCC[C@@H]2CN(c3nccnc3OC)C[C@@H]21. The number of methoxy groups -OCH3 is 1. The Morgan fingerprint density at radius 1 is 1.40 bits per heavy atom. The molecule has 0 amide bonds. The van der Waals surface area contributed by atoms with Crippen LogP contribution in [-0.2, 0) is 0 Å². The van der Waals surface area contributed by atoms with Crippen molar-refractivity contribution >= 4 is 5.82 Å². The van der Waals surface area contributed by atoms with E-state index >= 15 is 0 Å². The molecule has 1 aromatic rings. The summed E-state index contributed by atoms with van der Waals surface area (Å²) in [5, 5.41) is 10.8. The van der Waals surface area contributed by atoms with Crippen molar-refractivity contribution in [1.82, 2.24) is 9.97 Å². The molecular formula is C15H23N3O2. The van der Waals surface area contributed by atoms with Crippen LogP contribution in [0.4, 0.5) is 5.82 Å². The molecule has 2 fully saturated rings. The number of ether oxygens (including phenoxy) is 1. The Morgan fingerprint density at radius 3 is 2.95 bits per heavy atom. The minimum Gasteiger partial charge on any atom is -0.478 e. The van der Waals surface area contributed by atoms with Crippen LogP contribution < -0.4 is 9.64 Å². The first-order chi connectivity index (χ1) is 9.68. The molecule has 1 saturated carbocycles. The van der Waals surface area contributed by atoms with Gasteiger partial charge in [-0.2, -0.15) is 0 Å². The average molecular weight is 277 g/mol. The zero-order chi connectivity index (χ0) is 14.2. The third-order valence-electron chi connectivity index (χ3n) is 5.07. The standard InChI is InChI=1S/C15H23N3O2/c1-3-15(19)6-4-5-11-9-18(10-12(11)15)13-14(20-2)17-8-7-16-13/h7-8,11-12,19H,3-6,9-10H2,1-2H3/t11-,12+,15-/m1/s1. The lowest BCUT2D eigenvalue weighted by Gasteiger charge is -2.40. The molecule has 0 radical (unpaired) electrons. The molecule has 1 saturated heterocycles. The monoisotopic (exact) mass is 277 g/mol. The van der Waals surface area contributed by atoms with Gasteiger partial charge in [-0.1, -0.05) is 13.3 Å². The van der Waals surface area contributed by atoms with Crippen LogP contribution in [0.3, 0.4) is 0 Å². The Morgan fingerprint density at radius 2 is 2.20 bits per heavy atom. The van der Waals surface area contributed by atoms with Crippen molar-refractivity contribution in [1.29, 1.82) is 0 Å². The highest BCUT2D eigenvalue weighted by molar-refractivity contribution is 5.49. The summed E-state index contributed by atoms with van der Waals surface area (Å²) in [4.78, 5) is 10.9. The van der Waals surface area contributed by atoms with Crippen molar-refractivity contribution in [3.8, 4) is 5.88 Å². The normalized spacial score (nSPS) is 33.0. The number of fused-ring (bicyclic) bond motifs is 1. The van der Waals surface area contributed by atoms with Gasteiger partial charge in [-0.05, 0) is 25.2 Å². The number of anilines is 1.